The van der Waals surface area contributed by atoms with Gasteiger partial charge in [-0.3, -0.25) is 4.79 Å². The number of hydrogen-bond acceptors (Lipinski definition) is 6. The molecule has 0 N–H and O–H groups in total. The van der Waals surface area contributed by atoms with Crippen LogP contribution >= 0.6 is 23.1 Å². The molecule has 6 nitrogen and oxygen atoms in total. The number of aromatic nitrogens is 1. The molecule has 1 aliphatic rings. The summed E-state index contributed by atoms with van der Waals surface area (Å²) in [6, 6.07) is 18.4. The summed E-state index contributed by atoms with van der Waals surface area (Å²) in [5, 5.41) is 1.72. The van der Waals surface area contributed by atoms with Crippen molar-refractivity contribution in [1.82, 2.24) is 14.2 Å². The van der Waals surface area contributed by atoms with Crippen molar-refractivity contribution in [3.05, 3.63) is 66.0 Å². The fraction of sp³-hybridized carbons (Fsp3) is 0.273. The maximum Gasteiger partial charge on any atom is 0.243 e. The molecule has 2 aromatic carbocycles. The molecular weight excluding hydrogens is 450 g/mol. The summed E-state index contributed by atoms with van der Waals surface area (Å²) in [6.07, 6.45) is 0. The van der Waals surface area contributed by atoms with Gasteiger partial charge in [0.2, 0.25) is 15.9 Å². The molecular formula is C22H23N3O3S3. The topological polar surface area (TPSA) is 70.6 Å². The maximum absolute atomic E-state index is 12.9. The van der Waals surface area contributed by atoms with E-state index in [1.807, 2.05) is 42.6 Å². The first kappa shape index (κ1) is 22.0. The minimum absolute atomic E-state index is 0.0122. The molecule has 0 spiro atoms. The summed E-state index contributed by atoms with van der Waals surface area (Å²) in [6.45, 7) is 3.26. The lowest BCUT2D eigenvalue weighted by Crippen LogP contribution is -2.52. The smallest absolute Gasteiger partial charge is 0.243 e. The lowest BCUT2D eigenvalue weighted by molar-refractivity contribution is -0.131. The predicted molar refractivity (Wildman–Crippen MR) is 125 cm³/mol. The standard InChI is InChI=1S/C22H23N3O3S3/c1-17(30-22-23-20(16-29-22)18-8-4-2-5-9-18)21(26)24-12-14-25(15-13-24)31(27,28)19-10-6-3-7-11-19/h2-11,16-17H,12-15H2,1H3/t17-/m1/s1. The zero-order valence-electron chi connectivity index (χ0n) is 17.0. The molecule has 1 amide bonds. The number of nitrogens with zero attached hydrogens (tertiary/aromatic N) is 3. The quantitative estimate of drug-likeness (QED) is 0.509. The number of amides is 1. The largest absolute Gasteiger partial charge is 0.339 e. The monoisotopic (exact) mass is 473 g/mol. The van der Waals surface area contributed by atoms with Crippen molar-refractivity contribution in [3.63, 3.8) is 0 Å². The second-order valence-electron chi connectivity index (χ2n) is 7.17. The van der Waals surface area contributed by atoms with E-state index in [0.717, 1.165) is 15.6 Å². The SMILES string of the molecule is C[C@@H](Sc1nc(-c2ccccc2)cs1)C(=O)N1CCN(S(=O)(=O)c2ccccc2)CC1. The van der Waals surface area contributed by atoms with Crippen molar-refractivity contribution in [3.8, 4) is 11.3 Å². The van der Waals surface area contributed by atoms with Crippen LogP contribution < -0.4 is 0 Å². The minimum atomic E-state index is -3.52. The number of hydrogen-bond donors (Lipinski definition) is 0. The molecule has 9 heteroatoms. The highest BCUT2D eigenvalue weighted by atomic mass is 32.2. The van der Waals surface area contributed by atoms with Crippen molar-refractivity contribution in [2.75, 3.05) is 26.2 Å². The number of carbonyl (C=O) groups is 1. The van der Waals surface area contributed by atoms with Gasteiger partial charge in [-0.15, -0.1) is 11.3 Å². The Morgan fingerprint density at radius 1 is 1.00 bits per heavy atom. The Balaban J connectivity index is 1.34. The van der Waals surface area contributed by atoms with Gasteiger partial charge in [0, 0.05) is 37.1 Å². The number of benzene rings is 2. The zero-order valence-corrected chi connectivity index (χ0v) is 19.5. The Bertz CT molecular complexity index is 1130. The Morgan fingerprint density at radius 3 is 2.26 bits per heavy atom. The summed E-state index contributed by atoms with van der Waals surface area (Å²) in [5.41, 5.74) is 1.97. The number of carbonyl (C=O) groups excluding carboxylic acids is 1. The third kappa shape index (κ3) is 5.01. The Kier molecular flexibility index (Phi) is 6.76. The van der Waals surface area contributed by atoms with Crippen LogP contribution in [0.15, 0.2) is 75.3 Å². The van der Waals surface area contributed by atoms with Gasteiger partial charge in [-0.1, -0.05) is 60.3 Å². The molecule has 162 valence electrons. The molecule has 31 heavy (non-hydrogen) atoms. The van der Waals surface area contributed by atoms with Gasteiger partial charge < -0.3 is 4.90 Å². The number of piperazine rings is 1. The van der Waals surface area contributed by atoms with Crippen LogP contribution in [-0.4, -0.2) is 59.9 Å². The van der Waals surface area contributed by atoms with Gasteiger partial charge in [0.1, 0.15) is 0 Å². The predicted octanol–water partition coefficient (Wildman–Crippen LogP) is 3.82. The molecule has 0 aliphatic carbocycles. The first-order valence-electron chi connectivity index (χ1n) is 9.97. The van der Waals surface area contributed by atoms with Gasteiger partial charge in [-0.2, -0.15) is 4.31 Å². The molecule has 4 rings (SSSR count). The van der Waals surface area contributed by atoms with E-state index in [1.54, 1.807) is 35.2 Å². The highest BCUT2D eigenvalue weighted by Gasteiger charge is 2.31. The van der Waals surface area contributed by atoms with Crippen LogP contribution in [0.5, 0.6) is 0 Å². The number of sulfonamides is 1. The van der Waals surface area contributed by atoms with Crippen LogP contribution in [0.4, 0.5) is 0 Å². The van der Waals surface area contributed by atoms with Crippen molar-refractivity contribution in [2.45, 2.75) is 21.4 Å². The van der Waals surface area contributed by atoms with Gasteiger partial charge in [-0.25, -0.2) is 13.4 Å². The van der Waals surface area contributed by atoms with Gasteiger partial charge in [0.05, 0.1) is 15.8 Å². The van der Waals surface area contributed by atoms with E-state index < -0.39 is 10.0 Å². The van der Waals surface area contributed by atoms with Crippen molar-refractivity contribution < 1.29 is 13.2 Å². The first-order chi connectivity index (χ1) is 14.9. The molecule has 0 radical (unpaired) electrons. The zero-order chi connectivity index (χ0) is 21.8. The average molecular weight is 474 g/mol. The lowest BCUT2D eigenvalue weighted by atomic mass is 10.2. The molecule has 0 unspecified atom stereocenters. The third-order valence-corrected chi connectivity index (χ3v) is 9.08. The summed E-state index contributed by atoms with van der Waals surface area (Å²) in [4.78, 5) is 19.6. The van der Waals surface area contributed by atoms with Crippen LogP contribution in [0.25, 0.3) is 11.3 Å². The second-order valence-corrected chi connectivity index (χ2v) is 11.6. The third-order valence-electron chi connectivity index (χ3n) is 5.11. The van der Waals surface area contributed by atoms with E-state index in [9.17, 15) is 13.2 Å². The van der Waals surface area contributed by atoms with Crippen LogP contribution in [0.1, 0.15) is 6.92 Å². The molecule has 1 aromatic heterocycles. The van der Waals surface area contributed by atoms with E-state index in [-0.39, 0.29) is 16.1 Å². The van der Waals surface area contributed by atoms with Crippen LogP contribution in [0.3, 0.4) is 0 Å². The van der Waals surface area contributed by atoms with Gasteiger partial charge in [0.15, 0.2) is 4.34 Å². The number of thiazole rings is 1. The average Bonchev–Trinajstić information content (AvgIpc) is 3.28. The Morgan fingerprint density at radius 2 is 1.61 bits per heavy atom. The van der Waals surface area contributed by atoms with E-state index >= 15 is 0 Å². The molecule has 1 atom stereocenters. The molecule has 0 saturated carbocycles. The van der Waals surface area contributed by atoms with Gasteiger partial charge in [0.25, 0.3) is 0 Å². The maximum atomic E-state index is 12.9. The van der Waals surface area contributed by atoms with Crippen LogP contribution in [0.2, 0.25) is 0 Å². The van der Waals surface area contributed by atoms with E-state index in [4.69, 9.17) is 0 Å². The molecule has 1 saturated heterocycles. The highest BCUT2D eigenvalue weighted by Crippen LogP contribution is 2.31. The molecule has 3 aromatic rings. The van der Waals surface area contributed by atoms with Gasteiger partial charge >= 0.3 is 0 Å². The van der Waals surface area contributed by atoms with E-state index in [2.05, 4.69) is 4.98 Å². The van der Waals surface area contributed by atoms with Gasteiger partial charge in [-0.05, 0) is 19.1 Å². The normalized spacial score (nSPS) is 16.2. The van der Waals surface area contributed by atoms with Crippen molar-refractivity contribution in [1.29, 1.82) is 0 Å². The minimum Gasteiger partial charge on any atom is -0.339 e. The fourth-order valence-electron chi connectivity index (χ4n) is 3.40. The first-order valence-corrected chi connectivity index (χ1v) is 13.2. The summed E-state index contributed by atoms with van der Waals surface area (Å²) in [5.74, 6) is 0.0122. The molecule has 2 heterocycles. The Hall–Kier alpha value is -2.20. The van der Waals surface area contributed by atoms with E-state index in [0.29, 0.717) is 26.2 Å². The number of thioether (sulfide) groups is 1. The molecule has 1 aliphatic heterocycles. The summed E-state index contributed by atoms with van der Waals surface area (Å²) in [7, 11) is -3.52. The van der Waals surface area contributed by atoms with Crippen LogP contribution in [0, 0.1) is 0 Å². The second kappa shape index (κ2) is 9.52. The van der Waals surface area contributed by atoms with E-state index in [1.165, 1.54) is 27.4 Å². The summed E-state index contributed by atoms with van der Waals surface area (Å²) < 4.78 is 27.8. The Labute approximate surface area is 191 Å². The van der Waals surface area contributed by atoms with Crippen molar-refractivity contribution >= 4 is 39.0 Å². The molecule has 1 fully saturated rings. The lowest BCUT2D eigenvalue weighted by Gasteiger charge is -2.35. The van der Waals surface area contributed by atoms with Crippen LogP contribution in [-0.2, 0) is 14.8 Å². The fourth-order valence-corrected chi connectivity index (χ4v) is 6.90. The van der Waals surface area contributed by atoms with Crippen molar-refractivity contribution in [2.24, 2.45) is 0 Å². The highest BCUT2D eigenvalue weighted by molar-refractivity contribution is 8.02. The molecule has 0 bridgehead atoms. The number of rotatable bonds is 6. The summed E-state index contributed by atoms with van der Waals surface area (Å²) >= 11 is 2.98.